The Morgan fingerprint density at radius 2 is 1.03 bits per heavy atom. The fraction of sp³-hybridized carbons (Fsp3) is 0.925. The largest absolute Gasteiger partial charge is 0.477 e. The van der Waals surface area contributed by atoms with Crippen molar-refractivity contribution in [2.75, 3.05) is 26.4 Å². The van der Waals surface area contributed by atoms with Gasteiger partial charge >= 0.3 is 5.97 Å². The number of aliphatic carboxylic acids is 1. The monoisotopic (exact) mass is 1290 g/mol. The zero-order valence-electron chi connectivity index (χ0n) is 55.0. The first-order chi connectivity index (χ1) is 43.4. The van der Waals surface area contributed by atoms with E-state index in [0.717, 1.165) is 51.9 Å². The SMILES string of the molecule is CCCCCCCCCCCCCCCC/C=C/C(O)C(COC1OC(CO)C(OC2OC(CO)C(O)C(OC3(C(=O)O)CC(O)C(NC(C)=O)C(C(O)C(O)CO)O3)C2O)C(O)C1O)NC(=O)CCCCCCCCCCCCCCCCCCCCCC. The predicted octanol–water partition coefficient (Wildman–Crippen LogP) is 6.29. The van der Waals surface area contributed by atoms with Gasteiger partial charge in [-0.3, -0.25) is 9.59 Å². The number of hydrogen-bond donors (Lipinski definition) is 14. The van der Waals surface area contributed by atoms with E-state index in [1.165, 1.54) is 167 Å². The van der Waals surface area contributed by atoms with E-state index in [-0.39, 0.29) is 12.3 Å². The number of carboxylic acid groups (broad SMARTS) is 1. The summed E-state index contributed by atoms with van der Waals surface area (Å²) in [6, 6.07) is -2.61. The number of aliphatic hydroxyl groups is 11. The lowest BCUT2D eigenvalue weighted by Crippen LogP contribution is -2.70. The molecule has 0 aliphatic carbocycles. The average molecular weight is 1290 g/mol. The van der Waals surface area contributed by atoms with Crippen LogP contribution >= 0.6 is 0 Å². The smallest absolute Gasteiger partial charge is 0.364 e. The van der Waals surface area contributed by atoms with E-state index >= 15 is 0 Å². The highest BCUT2D eigenvalue weighted by atomic mass is 16.8. The topological polar surface area (TPSA) is 373 Å². The molecule has 2 amide bonds. The Hall–Kier alpha value is -2.53. The van der Waals surface area contributed by atoms with Crippen molar-refractivity contribution in [3.63, 3.8) is 0 Å². The summed E-state index contributed by atoms with van der Waals surface area (Å²) >= 11 is 0. The van der Waals surface area contributed by atoms with E-state index in [0.29, 0.717) is 12.8 Å². The Kier molecular flexibility index (Phi) is 43.8. The third-order valence-electron chi connectivity index (χ3n) is 18.0. The van der Waals surface area contributed by atoms with E-state index in [1.807, 2.05) is 6.08 Å². The summed E-state index contributed by atoms with van der Waals surface area (Å²) in [5, 5.41) is 136. The molecule has 3 fully saturated rings. The van der Waals surface area contributed by atoms with Crippen LogP contribution in [-0.4, -0.2) is 215 Å². The van der Waals surface area contributed by atoms with E-state index in [4.69, 9.17) is 28.4 Å². The summed E-state index contributed by atoms with van der Waals surface area (Å²) in [7, 11) is 0. The Bertz CT molecular complexity index is 1870. The van der Waals surface area contributed by atoms with Crippen molar-refractivity contribution in [3.8, 4) is 0 Å². The van der Waals surface area contributed by atoms with Crippen molar-refractivity contribution < 1.29 is 104 Å². The lowest BCUT2D eigenvalue weighted by molar-refractivity contribution is -0.386. The predicted molar refractivity (Wildman–Crippen MR) is 338 cm³/mol. The molecule has 14 N–H and O–H groups in total. The molecule has 23 heteroatoms. The molecular formula is C67H124N2O21. The first kappa shape index (κ1) is 81.7. The summed E-state index contributed by atoms with van der Waals surface area (Å²) in [6.07, 6.45) is 16.8. The van der Waals surface area contributed by atoms with Crippen LogP contribution in [0.1, 0.15) is 258 Å². The summed E-state index contributed by atoms with van der Waals surface area (Å²) in [4.78, 5) is 38.5. The summed E-state index contributed by atoms with van der Waals surface area (Å²) in [6.45, 7) is 2.15. The van der Waals surface area contributed by atoms with E-state index < -0.39 is 155 Å². The van der Waals surface area contributed by atoms with Crippen LogP contribution in [0.2, 0.25) is 0 Å². The lowest BCUT2D eigenvalue weighted by atomic mass is 9.88. The molecule has 3 heterocycles. The van der Waals surface area contributed by atoms with Gasteiger partial charge in [-0.15, -0.1) is 0 Å². The molecule has 0 aromatic rings. The summed E-state index contributed by atoms with van der Waals surface area (Å²) in [5.74, 6) is -6.13. The van der Waals surface area contributed by atoms with Crippen molar-refractivity contribution >= 4 is 17.8 Å². The van der Waals surface area contributed by atoms with Gasteiger partial charge in [-0.1, -0.05) is 231 Å². The average Bonchev–Trinajstić information content (AvgIpc) is 0.837. The maximum atomic E-state index is 13.5. The molecule has 90 heavy (non-hydrogen) atoms. The molecule has 18 atom stereocenters. The molecule has 0 bridgehead atoms. The van der Waals surface area contributed by atoms with Gasteiger partial charge in [0.15, 0.2) is 12.6 Å². The van der Waals surface area contributed by atoms with Gasteiger partial charge in [0.2, 0.25) is 11.8 Å². The Morgan fingerprint density at radius 3 is 1.48 bits per heavy atom. The maximum absolute atomic E-state index is 13.5. The number of allylic oxidation sites excluding steroid dienone is 1. The molecule has 0 radical (unpaired) electrons. The van der Waals surface area contributed by atoms with Gasteiger partial charge in [0.1, 0.15) is 67.1 Å². The van der Waals surface area contributed by atoms with Crippen molar-refractivity contribution in [3.05, 3.63) is 12.2 Å². The molecule has 3 saturated heterocycles. The van der Waals surface area contributed by atoms with Crippen LogP contribution in [0, 0.1) is 0 Å². The number of carbonyl (C=O) groups is 3. The van der Waals surface area contributed by atoms with Crippen molar-refractivity contribution in [2.24, 2.45) is 0 Å². The highest BCUT2D eigenvalue weighted by Crippen LogP contribution is 2.39. The standard InChI is InChI=1S/C67H124N2O21/c1-4-6-8-10-12-14-16-18-20-22-23-24-25-27-29-31-33-35-37-39-41-54(77)69-48(49(74)40-38-36-34-32-30-28-26-21-19-17-15-13-11-9-7-5-2)46-85-64-59(81)58(80)61(53(45-72)87-64)88-65-60(82)63(57(79)52(44-71)86-65)90-67(66(83)84)42-50(75)55(68-47(3)73)62(89-67)56(78)51(76)43-70/h38,40,48-53,55-65,70-72,74-76,78-82H,4-37,39,41-46H2,1-3H3,(H,68,73)(H,69,77)(H,83,84)/b40-38+. The van der Waals surface area contributed by atoms with Gasteiger partial charge < -0.3 is 100 Å². The number of unbranched alkanes of at least 4 members (excludes halogenated alkanes) is 33. The molecule has 0 spiro atoms. The minimum Gasteiger partial charge on any atom is -0.477 e. The minimum atomic E-state index is -3.08. The molecule has 0 saturated carbocycles. The minimum absolute atomic E-state index is 0.205. The number of hydrogen-bond acceptors (Lipinski definition) is 20. The van der Waals surface area contributed by atoms with Crippen molar-refractivity contribution in [1.29, 1.82) is 0 Å². The van der Waals surface area contributed by atoms with E-state index in [1.54, 1.807) is 6.08 Å². The zero-order valence-corrected chi connectivity index (χ0v) is 55.0. The van der Waals surface area contributed by atoms with E-state index in [2.05, 4.69) is 24.5 Å². The number of nitrogens with one attached hydrogen (secondary N) is 2. The Labute approximate surface area is 537 Å². The highest BCUT2D eigenvalue weighted by molar-refractivity contribution is 5.77. The molecule has 3 aliphatic heterocycles. The number of carbonyl (C=O) groups excluding carboxylic acids is 2. The normalized spacial score (nSPS) is 28.6. The van der Waals surface area contributed by atoms with Crippen LogP contribution in [0.15, 0.2) is 12.2 Å². The molecule has 23 nitrogen and oxygen atoms in total. The second-order valence-corrected chi connectivity index (χ2v) is 25.8. The zero-order chi connectivity index (χ0) is 66.1. The Balaban J connectivity index is 1.60. The number of ether oxygens (including phenoxy) is 6. The number of aliphatic hydroxyl groups excluding tert-OH is 11. The number of rotatable bonds is 53. The fourth-order valence-corrected chi connectivity index (χ4v) is 12.4. The van der Waals surface area contributed by atoms with Crippen LogP contribution < -0.4 is 10.6 Å². The molecule has 3 rings (SSSR count). The van der Waals surface area contributed by atoms with Gasteiger partial charge in [0, 0.05) is 19.8 Å². The van der Waals surface area contributed by atoms with Crippen LogP contribution in [0.3, 0.4) is 0 Å². The summed E-state index contributed by atoms with van der Waals surface area (Å²) in [5.41, 5.74) is 0. The van der Waals surface area contributed by atoms with Crippen LogP contribution in [-0.2, 0) is 42.8 Å². The third-order valence-corrected chi connectivity index (χ3v) is 18.0. The van der Waals surface area contributed by atoms with Gasteiger partial charge in [-0.05, 0) is 19.3 Å². The molecular weight excluding hydrogens is 1170 g/mol. The highest BCUT2D eigenvalue weighted by Gasteiger charge is 2.60. The molecule has 528 valence electrons. The summed E-state index contributed by atoms with van der Waals surface area (Å²) < 4.78 is 34.8. The molecule has 18 unspecified atom stereocenters. The number of amides is 2. The van der Waals surface area contributed by atoms with Crippen LogP contribution in [0.25, 0.3) is 0 Å². The first-order valence-corrected chi connectivity index (χ1v) is 35.1. The van der Waals surface area contributed by atoms with Gasteiger partial charge in [-0.25, -0.2) is 4.79 Å². The second kappa shape index (κ2) is 48.2. The van der Waals surface area contributed by atoms with E-state index in [9.17, 15) is 75.7 Å². The second-order valence-electron chi connectivity index (χ2n) is 25.8. The van der Waals surface area contributed by atoms with Gasteiger partial charge in [0.05, 0.1) is 50.7 Å². The van der Waals surface area contributed by atoms with Gasteiger partial charge in [0.25, 0.3) is 5.79 Å². The maximum Gasteiger partial charge on any atom is 0.364 e. The van der Waals surface area contributed by atoms with Crippen molar-refractivity contribution in [2.45, 2.75) is 368 Å². The van der Waals surface area contributed by atoms with Crippen LogP contribution in [0.4, 0.5) is 0 Å². The van der Waals surface area contributed by atoms with Crippen molar-refractivity contribution in [1.82, 2.24) is 10.6 Å². The van der Waals surface area contributed by atoms with Crippen LogP contribution in [0.5, 0.6) is 0 Å². The molecule has 3 aliphatic rings. The Morgan fingerprint density at radius 1 is 0.578 bits per heavy atom. The quantitative estimate of drug-likeness (QED) is 0.0235. The first-order valence-electron chi connectivity index (χ1n) is 35.1. The third kappa shape index (κ3) is 30.5. The van der Waals surface area contributed by atoms with Gasteiger partial charge in [-0.2, -0.15) is 0 Å². The number of carboxylic acids is 1. The lowest BCUT2D eigenvalue weighted by Gasteiger charge is -2.50. The molecule has 0 aromatic carbocycles. The molecule has 0 aromatic heterocycles. The fourth-order valence-electron chi connectivity index (χ4n) is 12.4.